The van der Waals surface area contributed by atoms with E-state index in [-0.39, 0.29) is 6.71 Å². The lowest BCUT2D eigenvalue weighted by Crippen LogP contribution is -2.36. The first-order valence-electron chi connectivity index (χ1n) is 16.9. The maximum absolute atomic E-state index is 5.57. The molecule has 6 rings (SSSR count). The zero-order valence-electron chi connectivity index (χ0n) is 29.1. The predicted molar refractivity (Wildman–Crippen MR) is 213 cm³/mol. The Morgan fingerprint density at radius 1 is 0.688 bits per heavy atom. The molecule has 0 bridgehead atoms. The van der Waals surface area contributed by atoms with Gasteiger partial charge in [-0.25, -0.2) is 0 Å². The van der Waals surface area contributed by atoms with Crippen molar-refractivity contribution in [2.24, 2.45) is 0 Å². The molecule has 0 aliphatic heterocycles. The van der Waals surface area contributed by atoms with Gasteiger partial charge in [-0.05, 0) is 108 Å². The van der Waals surface area contributed by atoms with E-state index in [1.807, 2.05) is 6.08 Å². The third-order valence-electron chi connectivity index (χ3n) is 9.59. The van der Waals surface area contributed by atoms with Gasteiger partial charge < -0.3 is 0 Å². The highest BCUT2D eigenvalue weighted by atomic mass is 14.2. The van der Waals surface area contributed by atoms with Crippen molar-refractivity contribution in [1.82, 2.24) is 0 Å². The molecule has 0 spiro atoms. The number of hydrogen-bond donors (Lipinski definition) is 0. The highest BCUT2D eigenvalue weighted by Gasteiger charge is 2.23. The summed E-state index contributed by atoms with van der Waals surface area (Å²) in [5, 5.41) is 6.38. The molecular formula is C47H43B. The molecule has 0 saturated carbocycles. The minimum atomic E-state index is 0.252. The topological polar surface area (TPSA) is 0 Å². The van der Waals surface area contributed by atoms with Gasteiger partial charge in [-0.1, -0.05) is 167 Å². The minimum Gasteiger partial charge on any atom is -0.115 e. The smallest absolute Gasteiger partial charge is 0.115 e. The van der Waals surface area contributed by atoms with Gasteiger partial charge >= 0.3 is 0 Å². The molecule has 0 aromatic heterocycles. The van der Waals surface area contributed by atoms with Crippen molar-refractivity contribution < 1.29 is 0 Å². The number of rotatable bonds is 8. The largest absolute Gasteiger partial charge is 0.208 e. The Bertz CT molecular complexity index is 2230. The van der Waals surface area contributed by atoms with Gasteiger partial charge in [0.05, 0.1) is 0 Å². The molecule has 0 N–H and O–H groups in total. The number of benzene rings is 6. The maximum atomic E-state index is 5.57. The van der Waals surface area contributed by atoms with Crippen LogP contribution < -0.4 is 10.7 Å². The van der Waals surface area contributed by atoms with Crippen LogP contribution >= 0.6 is 0 Å². The van der Waals surface area contributed by atoms with Crippen molar-refractivity contribution in [2.45, 2.75) is 47.9 Å². The fourth-order valence-electron chi connectivity index (χ4n) is 7.55. The first-order valence-corrected chi connectivity index (χ1v) is 16.9. The molecule has 234 valence electrons. The van der Waals surface area contributed by atoms with Crippen LogP contribution in [0.2, 0.25) is 6.32 Å². The van der Waals surface area contributed by atoms with Crippen molar-refractivity contribution >= 4 is 39.8 Å². The summed E-state index contributed by atoms with van der Waals surface area (Å²) in [4.78, 5) is 0. The minimum absolute atomic E-state index is 0.252. The fourth-order valence-corrected chi connectivity index (χ4v) is 7.55. The average Bonchev–Trinajstić information content (AvgIpc) is 3.08. The summed E-state index contributed by atoms with van der Waals surface area (Å²) < 4.78 is 0. The Morgan fingerprint density at radius 3 is 1.88 bits per heavy atom. The zero-order valence-corrected chi connectivity index (χ0v) is 29.1. The summed E-state index contributed by atoms with van der Waals surface area (Å²) >= 11 is 0. The zero-order chi connectivity index (χ0) is 33.8. The summed E-state index contributed by atoms with van der Waals surface area (Å²) in [6, 6.07) is 40.0. The second-order valence-corrected chi connectivity index (χ2v) is 13.3. The third kappa shape index (κ3) is 6.71. The van der Waals surface area contributed by atoms with E-state index < -0.39 is 0 Å². The molecule has 0 nitrogen and oxygen atoms in total. The van der Waals surface area contributed by atoms with Gasteiger partial charge in [0, 0.05) is 0 Å². The number of hydrogen-bond acceptors (Lipinski definition) is 0. The third-order valence-corrected chi connectivity index (χ3v) is 9.59. The summed E-state index contributed by atoms with van der Waals surface area (Å²) in [6.07, 6.45) is 15.2. The quantitative estimate of drug-likeness (QED) is 0.0905. The van der Waals surface area contributed by atoms with Gasteiger partial charge in [-0.15, -0.1) is 6.42 Å². The predicted octanol–water partition coefficient (Wildman–Crippen LogP) is 11.2. The van der Waals surface area contributed by atoms with Gasteiger partial charge in [0.2, 0.25) is 6.71 Å². The summed E-state index contributed by atoms with van der Waals surface area (Å²) in [7, 11) is 0. The molecule has 0 aliphatic carbocycles. The van der Waals surface area contributed by atoms with E-state index in [9.17, 15) is 0 Å². The van der Waals surface area contributed by atoms with E-state index >= 15 is 0 Å². The Morgan fingerprint density at radius 2 is 1.27 bits per heavy atom. The molecule has 0 saturated heterocycles. The summed E-state index contributed by atoms with van der Waals surface area (Å²) in [6.45, 7) is 13.5. The lowest BCUT2D eigenvalue weighted by molar-refractivity contribution is 1.30. The van der Waals surface area contributed by atoms with E-state index in [1.54, 1.807) is 0 Å². The Balaban J connectivity index is 1.55. The maximum Gasteiger partial charge on any atom is 0.208 e. The molecule has 48 heavy (non-hydrogen) atoms. The van der Waals surface area contributed by atoms with E-state index in [0.717, 1.165) is 11.9 Å². The Labute approximate surface area is 287 Å². The molecule has 0 unspecified atom stereocenters. The van der Waals surface area contributed by atoms with Crippen molar-refractivity contribution in [3.05, 3.63) is 166 Å². The molecule has 1 heteroatoms. The van der Waals surface area contributed by atoms with Crippen molar-refractivity contribution in [3.63, 3.8) is 0 Å². The van der Waals surface area contributed by atoms with Crippen molar-refractivity contribution in [3.8, 4) is 34.6 Å². The average molecular weight is 619 g/mol. The van der Waals surface area contributed by atoms with Gasteiger partial charge in [0.25, 0.3) is 0 Å². The molecule has 0 amide bonds. The van der Waals surface area contributed by atoms with Gasteiger partial charge in [-0.2, -0.15) is 0 Å². The lowest BCUT2D eigenvalue weighted by atomic mass is 9.36. The van der Waals surface area contributed by atoms with Crippen LogP contribution in [0.15, 0.2) is 144 Å². The normalized spacial score (nSPS) is 12.9. The number of allylic oxidation sites excluding steroid dienone is 6. The van der Waals surface area contributed by atoms with Crippen LogP contribution in [0.3, 0.4) is 0 Å². The van der Waals surface area contributed by atoms with Crippen LogP contribution in [0.5, 0.6) is 0 Å². The molecule has 0 heterocycles. The molecular weight excluding hydrogens is 575 g/mol. The summed E-state index contributed by atoms with van der Waals surface area (Å²) in [5.41, 5.74) is 14.2. The molecule has 0 fully saturated rings. The van der Waals surface area contributed by atoms with Crippen molar-refractivity contribution in [2.75, 3.05) is 0 Å². The van der Waals surface area contributed by atoms with Gasteiger partial charge in [-0.3, -0.25) is 0 Å². The standard InChI is InChI=1S/C47H43B/c1-8-16-32(2)27-34(4)31-48(47-35(5)28-33(3)29-36(47)6)37(7)23-24-40-25-26-43-45(39-19-13-10-14-20-39)30-44(38-17-11-9-12-18-38)42-22-15-21-41(40)46(42)43/h1,9-30H,31H2,2-7H3/b32-16-,34-27-,37-23+,40-24-. The Hall–Kier alpha value is -5.32. The molecule has 0 aliphatic rings. The lowest BCUT2D eigenvalue weighted by Gasteiger charge is -2.21. The first-order chi connectivity index (χ1) is 23.2. The molecule has 6 aromatic rings. The highest BCUT2D eigenvalue weighted by molar-refractivity contribution is 6.81. The van der Waals surface area contributed by atoms with Crippen LogP contribution in [-0.2, 0) is 0 Å². The van der Waals surface area contributed by atoms with E-state index in [2.05, 4.69) is 175 Å². The monoisotopic (exact) mass is 618 g/mol. The number of aryl methyl sites for hydroxylation is 3. The van der Waals surface area contributed by atoms with E-state index in [4.69, 9.17) is 6.42 Å². The van der Waals surface area contributed by atoms with E-state index in [1.165, 1.54) is 82.2 Å². The molecule has 0 radical (unpaired) electrons. The highest BCUT2D eigenvalue weighted by Crippen LogP contribution is 2.40. The molecule has 0 atom stereocenters. The van der Waals surface area contributed by atoms with Gasteiger partial charge in [0.1, 0.15) is 0 Å². The first kappa shape index (κ1) is 32.6. The van der Waals surface area contributed by atoms with Crippen LogP contribution in [0.1, 0.15) is 37.5 Å². The number of terminal acetylenes is 1. The summed E-state index contributed by atoms with van der Waals surface area (Å²) in [5.74, 6) is 2.67. The van der Waals surface area contributed by atoms with Crippen molar-refractivity contribution in [1.29, 1.82) is 0 Å². The molecule has 6 aromatic carbocycles. The second-order valence-electron chi connectivity index (χ2n) is 13.3. The van der Waals surface area contributed by atoms with Crippen LogP contribution in [-0.4, -0.2) is 6.71 Å². The fraction of sp³-hybridized carbons (Fsp3) is 0.149. The Kier molecular flexibility index (Phi) is 9.66. The SMILES string of the molecule is C#C/C=C(C)\C=C(\C)CB(/C(C)=C/C=c1/ccc2c(-c3ccccc3)cc(-c3ccccc3)c3cccc1c32)c1c(C)cc(C)cc1C. The second kappa shape index (κ2) is 14.2. The van der Waals surface area contributed by atoms with Crippen LogP contribution in [0, 0.1) is 33.1 Å². The van der Waals surface area contributed by atoms with Gasteiger partial charge in [0.15, 0.2) is 0 Å². The van der Waals surface area contributed by atoms with Crippen LogP contribution in [0.25, 0.3) is 49.9 Å². The van der Waals surface area contributed by atoms with E-state index in [0.29, 0.717) is 0 Å². The van der Waals surface area contributed by atoms with Crippen LogP contribution in [0.4, 0.5) is 0 Å².